The van der Waals surface area contributed by atoms with Gasteiger partial charge in [0.1, 0.15) is 5.75 Å². The van der Waals surface area contributed by atoms with Gasteiger partial charge in [-0.3, -0.25) is 4.79 Å². The minimum Gasteiger partial charge on any atom is -0.435 e. The SMILES string of the molecule is COCCN(CC(C)C)C(=O)Cc1ccc(OC(F)F)cc1. The molecule has 0 saturated heterocycles. The molecule has 124 valence electrons. The van der Waals surface area contributed by atoms with Gasteiger partial charge in [0.25, 0.3) is 0 Å². The molecule has 0 heterocycles. The van der Waals surface area contributed by atoms with E-state index in [0.29, 0.717) is 25.6 Å². The molecule has 6 heteroatoms. The van der Waals surface area contributed by atoms with E-state index < -0.39 is 6.61 Å². The van der Waals surface area contributed by atoms with Gasteiger partial charge in [-0.15, -0.1) is 0 Å². The maximum Gasteiger partial charge on any atom is 0.387 e. The lowest BCUT2D eigenvalue weighted by Crippen LogP contribution is -2.37. The van der Waals surface area contributed by atoms with Crippen LogP contribution in [-0.4, -0.2) is 44.2 Å². The fourth-order valence-electron chi connectivity index (χ4n) is 2.04. The molecule has 0 aliphatic heterocycles. The molecule has 0 spiro atoms. The number of amides is 1. The van der Waals surface area contributed by atoms with E-state index in [9.17, 15) is 13.6 Å². The molecule has 0 N–H and O–H groups in total. The summed E-state index contributed by atoms with van der Waals surface area (Å²) in [5.41, 5.74) is 0.762. The minimum atomic E-state index is -2.84. The molecule has 22 heavy (non-hydrogen) atoms. The summed E-state index contributed by atoms with van der Waals surface area (Å²) in [6.07, 6.45) is 0.228. The van der Waals surface area contributed by atoms with Crippen molar-refractivity contribution in [3.05, 3.63) is 29.8 Å². The van der Waals surface area contributed by atoms with E-state index >= 15 is 0 Å². The first kappa shape index (κ1) is 18.4. The average molecular weight is 315 g/mol. The Kier molecular flexibility index (Phi) is 7.80. The van der Waals surface area contributed by atoms with Gasteiger partial charge < -0.3 is 14.4 Å². The zero-order valence-corrected chi connectivity index (χ0v) is 13.2. The zero-order valence-electron chi connectivity index (χ0n) is 13.2. The van der Waals surface area contributed by atoms with Gasteiger partial charge in [-0.05, 0) is 23.6 Å². The molecule has 0 radical (unpaired) electrons. The second-order valence-electron chi connectivity index (χ2n) is 5.43. The average Bonchev–Trinajstić information content (AvgIpc) is 2.44. The predicted molar refractivity (Wildman–Crippen MR) is 80.1 cm³/mol. The van der Waals surface area contributed by atoms with Crippen LogP contribution >= 0.6 is 0 Å². The van der Waals surface area contributed by atoms with Crippen LogP contribution in [0, 0.1) is 5.92 Å². The number of carbonyl (C=O) groups is 1. The lowest BCUT2D eigenvalue weighted by molar-refractivity contribution is -0.131. The molecule has 1 aromatic rings. The number of methoxy groups -OCH3 is 1. The molecule has 0 saturated carbocycles. The van der Waals surface area contributed by atoms with Crippen molar-refractivity contribution >= 4 is 5.91 Å². The van der Waals surface area contributed by atoms with Crippen LogP contribution in [0.2, 0.25) is 0 Å². The highest BCUT2D eigenvalue weighted by Gasteiger charge is 2.15. The number of alkyl halides is 2. The van der Waals surface area contributed by atoms with Crippen molar-refractivity contribution in [1.29, 1.82) is 0 Å². The van der Waals surface area contributed by atoms with Crippen molar-refractivity contribution in [2.75, 3.05) is 26.8 Å². The summed E-state index contributed by atoms with van der Waals surface area (Å²) < 4.78 is 33.5. The molecule has 1 amide bonds. The van der Waals surface area contributed by atoms with E-state index in [1.807, 2.05) is 13.8 Å². The first-order valence-corrected chi connectivity index (χ1v) is 7.22. The zero-order chi connectivity index (χ0) is 16.5. The largest absolute Gasteiger partial charge is 0.435 e. The molecule has 1 aromatic carbocycles. The van der Waals surface area contributed by atoms with Crippen LogP contribution in [0.25, 0.3) is 0 Å². The van der Waals surface area contributed by atoms with Crippen molar-refractivity contribution in [3.63, 3.8) is 0 Å². The van der Waals surface area contributed by atoms with E-state index in [1.165, 1.54) is 12.1 Å². The van der Waals surface area contributed by atoms with Gasteiger partial charge in [-0.2, -0.15) is 8.78 Å². The van der Waals surface area contributed by atoms with Crippen molar-refractivity contribution < 1.29 is 23.0 Å². The Bertz CT molecular complexity index is 449. The smallest absolute Gasteiger partial charge is 0.387 e. The van der Waals surface area contributed by atoms with Gasteiger partial charge in [0.2, 0.25) is 5.91 Å². The predicted octanol–water partition coefficient (Wildman–Crippen LogP) is 2.96. The maximum absolute atomic E-state index is 12.3. The van der Waals surface area contributed by atoms with Crippen molar-refractivity contribution in [1.82, 2.24) is 4.90 Å². The van der Waals surface area contributed by atoms with Crippen LogP contribution in [0.1, 0.15) is 19.4 Å². The van der Waals surface area contributed by atoms with Crippen molar-refractivity contribution in [3.8, 4) is 5.75 Å². The normalized spacial score (nSPS) is 11.0. The Morgan fingerprint density at radius 3 is 2.36 bits per heavy atom. The molecule has 1 rings (SSSR count). The van der Waals surface area contributed by atoms with Crippen LogP contribution in [-0.2, 0) is 16.0 Å². The van der Waals surface area contributed by atoms with E-state index in [4.69, 9.17) is 4.74 Å². The molecule has 0 fully saturated rings. The lowest BCUT2D eigenvalue weighted by Gasteiger charge is -2.24. The lowest BCUT2D eigenvalue weighted by atomic mass is 10.1. The summed E-state index contributed by atoms with van der Waals surface area (Å²) in [7, 11) is 1.60. The highest BCUT2D eigenvalue weighted by molar-refractivity contribution is 5.78. The molecule has 0 unspecified atom stereocenters. The fraction of sp³-hybridized carbons (Fsp3) is 0.562. The molecule has 0 aromatic heterocycles. The topological polar surface area (TPSA) is 38.8 Å². The number of rotatable bonds is 9. The van der Waals surface area contributed by atoms with E-state index in [0.717, 1.165) is 5.56 Å². The van der Waals surface area contributed by atoms with E-state index in [1.54, 1.807) is 24.1 Å². The first-order chi connectivity index (χ1) is 10.4. The molecule has 0 bridgehead atoms. The summed E-state index contributed by atoms with van der Waals surface area (Å²) in [5, 5.41) is 0. The maximum atomic E-state index is 12.3. The highest BCUT2D eigenvalue weighted by atomic mass is 19.3. The summed E-state index contributed by atoms with van der Waals surface area (Å²) in [4.78, 5) is 14.1. The van der Waals surface area contributed by atoms with Gasteiger partial charge in [0.05, 0.1) is 13.0 Å². The third-order valence-corrected chi connectivity index (χ3v) is 3.01. The second kappa shape index (κ2) is 9.35. The van der Waals surface area contributed by atoms with Crippen molar-refractivity contribution in [2.24, 2.45) is 5.92 Å². The van der Waals surface area contributed by atoms with Gasteiger partial charge in [-0.25, -0.2) is 0 Å². The molecule has 0 atom stereocenters. The van der Waals surface area contributed by atoms with Crippen molar-refractivity contribution in [2.45, 2.75) is 26.9 Å². The third kappa shape index (κ3) is 6.85. The summed E-state index contributed by atoms with van der Waals surface area (Å²) in [6.45, 7) is 2.93. The number of halogens is 2. The molecule has 0 aliphatic carbocycles. The van der Waals surface area contributed by atoms with Gasteiger partial charge in [0.15, 0.2) is 0 Å². The van der Waals surface area contributed by atoms with Crippen LogP contribution in [0.15, 0.2) is 24.3 Å². The van der Waals surface area contributed by atoms with Gasteiger partial charge in [0, 0.05) is 20.2 Å². The van der Waals surface area contributed by atoms with Crippen LogP contribution < -0.4 is 4.74 Å². The highest BCUT2D eigenvalue weighted by Crippen LogP contribution is 2.16. The summed E-state index contributed by atoms with van der Waals surface area (Å²) in [5.74, 6) is 0.445. The Balaban J connectivity index is 2.63. The summed E-state index contributed by atoms with van der Waals surface area (Å²) in [6, 6.07) is 6.13. The molecular weight excluding hydrogens is 292 g/mol. The number of nitrogens with zero attached hydrogens (tertiary/aromatic N) is 1. The Labute approximate surface area is 130 Å². The van der Waals surface area contributed by atoms with Gasteiger partial charge >= 0.3 is 6.61 Å². The molecule has 0 aliphatic rings. The first-order valence-electron chi connectivity index (χ1n) is 7.22. The monoisotopic (exact) mass is 315 g/mol. The molecule has 4 nitrogen and oxygen atoms in total. The van der Waals surface area contributed by atoms with Crippen LogP contribution in [0.4, 0.5) is 8.78 Å². The number of hydrogen-bond donors (Lipinski definition) is 0. The minimum absolute atomic E-state index is 0.00622. The number of hydrogen-bond acceptors (Lipinski definition) is 3. The summed E-state index contributed by atoms with van der Waals surface area (Å²) >= 11 is 0. The number of ether oxygens (including phenoxy) is 2. The van der Waals surface area contributed by atoms with E-state index in [-0.39, 0.29) is 18.1 Å². The Morgan fingerprint density at radius 1 is 1.23 bits per heavy atom. The van der Waals surface area contributed by atoms with Gasteiger partial charge in [-0.1, -0.05) is 26.0 Å². The fourth-order valence-corrected chi connectivity index (χ4v) is 2.04. The Morgan fingerprint density at radius 2 is 1.86 bits per heavy atom. The number of benzene rings is 1. The second-order valence-corrected chi connectivity index (χ2v) is 5.43. The third-order valence-electron chi connectivity index (χ3n) is 3.01. The van der Waals surface area contributed by atoms with Crippen LogP contribution in [0.3, 0.4) is 0 Å². The molecular formula is C16H23F2NO3. The van der Waals surface area contributed by atoms with Crippen LogP contribution in [0.5, 0.6) is 5.75 Å². The Hall–Kier alpha value is -1.69. The quantitative estimate of drug-likeness (QED) is 0.703. The number of carbonyl (C=O) groups excluding carboxylic acids is 1. The van der Waals surface area contributed by atoms with E-state index in [2.05, 4.69) is 4.74 Å². The standard InChI is InChI=1S/C16H23F2NO3/c1-12(2)11-19(8-9-21-3)15(20)10-13-4-6-14(7-5-13)22-16(17)18/h4-7,12,16H,8-11H2,1-3H3.